The molecule has 0 radical (unpaired) electrons. The highest BCUT2D eigenvalue weighted by Crippen LogP contribution is 2.17. The molecule has 2 amide bonds. The number of likely N-dealkylation sites (tertiary alicyclic amines) is 1. The fraction of sp³-hybridized carbons (Fsp3) is 0.400. The lowest BCUT2D eigenvalue weighted by molar-refractivity contribution is 0.249. The Morgan fingerprint density at radius 3 is 2.80 bits per heavy atom. The van der Waals surface area contributed by atoms with Crippen LogP contribution in [0.3, 0.4) is 0 Å². The van der Waals surface area contributed by atoms with Gasteiger partial charge in [0, 0.05) is 31.5 Å². The van der Waals surface area contributed by atoms with Crippen LogP contribution in [0.4, 0.5) is 10.5 Å². The molecule has 1 aromatic heterocycles. The molecule has 0 aliphatic carbocycles. The number of aryl methyl sites for hydroxylation is 1. The summed E-state index contributed by atoms with van der Waals surface area (Å²) in [4.78, 5) is 18.9. The second kappa shape index (κ2) is 8.62. The average Bonchev–Trinajstić information content (AvgIpc) is 3.09. The lowest BCUT2D eigenvalue weighted by Crippen LogP contribution is -2.34. The molecule has 0 spiro atoms. The number of anilines is 1. The highest BCUT2D eigenvalue weighted by Gasteiger charge is 2.23. The SMILES string of the molecule is CCc1ccc(CN2CC[C@@H](CNC(=O)Nc3ccccc3)C2)nc1. The van der Waals surface area contributed by atoms with Crippen LogP contribution in [0, 0.1) is 5.92 Å². The van der Waals surface area contributed by atoms with Crippen molar-refractivity contribution in [3.8, 4) is 0 Å². The summed E-state index contributed by atoms with van der Waals surface area (Å²) in [5.41, 5.74) is 3.21. The number of hydrogen-bond acceptors (Lipinski definition) is 3. The number of carbonyl (C=O) groups excluding carboxylic acids is 1. The first-order valence-electron chi connectivity index (χ1n) is 8.99. The summed E-state index contributed by atoms with van der Waals surface area (Å²) in [6.45, 7) is 5.80. The Bertz CT molecular complexity index is 672. The Hall–Kier alpha value is -2.40. The van der Waals surface area contributed by atoms with Crippen LogP contribution in [0.25, 0.3) is 0 Å². The maximum Gasteiger partial charge on any atom is 0.319 e. The first-order valence-corrected chi connectivity index (χ1v) is 8.99. The van der Waals surface area contributed by atoms with Gasteiger partial charge in [-0.2, -0.15) is 0 Å². The molecular weight excluding hydrogens is 312 g/mol. The maximum atomic E-state index is 12.0. The Kier molecular flexibility index (Phi) is 6.01. The molecule has 25 heavy (non-hydrogen) atoms. The minimum atomic E-state index is -0.138. The molecule has 2 aromatic rings. The summed E-state index contributed by atoms with van der Waals surface area (Å²) in [5, 5.41) is 5.83. The molecule has 1 fully saturated rings. The number of aromatic nitrogens is 1. The summed E-state index contributed by atoms with van der Waals surface area (Å²) < 4.78 is 0. The van der Waals surface area contributed by atoms with Gasteiger partial charge in [-0.1, -0.05) is 31.2 Å². The average molecular weight is 338 g/mol. The molecule has 1 aromatic carbocycles. The zero-order chi connectivity index (χ0) is 17.5. The Balaban J connectivity index is 1.39. The van der Waals surface area contributed by atoms with E-state index in [4.69, 9.17) is 0 Å². The lowest BCUT2D eigenvalue weighted by atomic mass is 10.1. The van der Waals surface area contributed by atoms with Crippen LogP contribution in [-0.2, 0) is 13.0 Å². The van der Waals surface area contributed by atoms with E-state index in [1.807, 2.05) is 36.5 Å². The van der Waals surface area contributed by atoms with Gasteiger partial charge in [-0.05, 0) is 49.1 Å². The number of benzene rings is 1. The van der Waals surface area contributed by atoms with Gasteiger partial charge in [0.15, 0.2) is 0 Å². The number of urea groups is 1. The fourth-order valence-corrected chi connectivity index (χ4v) is 3.14. The first-order chi connectivity index (χ1) is 12.2. The van der Waals surface area contributed by atoms with E-state index in [9.17, 15) is 4.79 Å². The number of nitrogens with zero attached hydrogens (tertiary/aromatic N) is 2. The zero-order valence-corrected chi connectivity index (χ0v) is 14.7. The maximum absolute atomic E-state index is 12.0. The van der Waals surface area contributed by atoms with Gasteiger partial charge >= 0.3 is 6.03 Å². The summed E-state index contributed by atoms with van der Waals surface area (Å²) in [5.74, 6) is 0.497. The van der Waals surface area contributed by atoms with Crippen LogP contribution in [0.15, 0.2) is 48.7 Å². The van der Waals surface area contributed by atoms with Crippen LogP contribution in [0.1, 0.15) is 24.6 Å². The van der Waals surface area contributed by atoms with Gasteiger partial charge < -0.3 is 10.6 Å². The second-order valence-electron chi connectivity index (χ2n) is 6.60. The van der Waals surface area contributed by atoms with E-state index in [1.54, 1.807) is 0 Å². The van der Waals surface area contributed by atoms with E-state index in [0.717, 1.165) is 43.9 Å². The van der Waals surface area contributed by atoms with Crippen LogP contribution in [0.5, 0.6) is 0 Å². The molecule has 132 valence electrons. The minimum absolute atomic E-state index is 0.138. The van der Waals surface area contributed by atoms with Crippen molar-refractivity contribution in [2.24, 2.45) is 5.92 Å². The van der Waals surface area contributed by atoms with Crippen LogP contribution < -0.4 is 10.6 Å². The largest absolute Gasteiger partial charge is 0.338 e. The van der Waals surface area contributed by atoms with Gasteiger partial charge in [0.25, 0.3) is 0 Å². The molecule has 0 saturated carbocycles. The number of pyridine rings is 1. The predicted molar refractivity (Wildman–Crippen MR) is 100 cm³/mol. The summed E-state index contributed by atoms with van der Waals surface area (Å²) in [7, 11) is 0. The van der Waals surface area contributed by atoms with E-state index < -0.39 is 0 Å². The Labute approximate surface area is 149 Å². The third-order valence-electron chi connectivity index (χ3n) is 4.63. The monoisotopic (exact) mass is 338 g/mol. The Morgan fingerprint density at radius 2 is 2.08 bits per heavy atom. The Morgan fingerprint density at radius 1 is 1.24 bits per heavy atom. The van der Waals surface area contributed by atoms with Crippen molar-refractivity contribution in [2.45, 2.75) is 26.3 Å². The van der Waals surface area contributed by atoms with Gasteiger partial charge in [-0.15, -0.1) is 0 Å². The highest BCUT2D eigenvalue weighted by atomic mass is 16.2. The molecule has 1 saturated heterocycles. The van der Waals surface area contributed by atoms with Crippen molar-refractivity contribution in [3.63, 3.8) is 0 Å². The number of carbonyl (C=O) groups is 1. The molecule has 0 bridgehead atoms. The van der Waals surface area contributed by atoms with Gasteiger partial charge in [0.1, 0.15) is 0 Å². The van der Waals surface area contributed by atoms with Crippen LogP contribution in [0.2, 0.25) is 0 Å². The van der Waals surface area contributed by atoms with E-state index in [0.29, 0.717) is 12.5 Å². The molecule has 3 rings (SSSR count). The van der Waals surface area contributed by atoms with Crippen molar-refractivity contribution < 1.29 is 4.79 Å². The van der Waals surface area contributed by atoms with E-state index in [-0.39, 0.29) is 6.03 Å². The minimum Gasteiger partial charge on any atom is -0.338 e. The third-order valence-corrected chi connectivity index (χ3v) is 4.63. The molecule has 2 N–H and O–H groups in total. The second-order valence-corrected chi connectivity index (χ2v) is 6.60. The summed E-state index contributed by atoms with van der Waals surface area (Å²) >= 11 is 0. The number of nitrogens with one attached hydrogen (secondary N) is 2. The van der Waals surface area contributed by atoms with Crippen molar-refractivity contribution in [3.05, 3.63) is 59.9 Å². The van der Waals surface area contributed by atoms with Crippen LogP contribution >= 0.6 is 0 Å². The standard InChI is InChI=1S/C20H26N4O/c1-2-16-8-9-19(21-12-16)15-24-11-10-17(14-24)13-22-20(25)23-18-6-4-3-5-7-18/h3-9,12,17H,2,10-11,13-15H2,1H3,(H2,22,23,25)/t17-/m0/s1. The zero-order valence-electron chi connectivity index (χ0n) is 14.7. The molecule has 0 unspecified atom stereocenters. The number of para-hydroxylation sites is 1. The smallest absolute Gasteiger partial charge is 0.319 e. The number of amides is 2. The van der Waals surface area contributed by atoms with Crippen molar-refractivity contribution >= 4 is 11.7 Å². The van der Waals surface area contributed by atoms with Gasteiger partial charge in [-0.25, -0.2) is 4.79 Å². The molecule has 5 nitrogen and oxygen atoms in total. The van der Waals surface area contributed by atoms with Crippen LogP contribution in [-0.4, -0.2) is 35.5 Å². The van der Waals surface area contributed by atoms with E-state index in [1.165, 1.54) is 5.56 Å². The molecule has 1 aliphatic heterocycles. The molecular formula is C20H26N4O. The molecule has 1 aliphatic rings. The van der Waals surface area contributed by atoms with Gasteiger partial charge in [0.05, 0.1) is 5.69 Å². The highest BCUT2D eigenvalue weighted by molar-refractivity contribution is 5.89. The topological polar surface area (TPSA) is 57.3 Å². The normalized spacial score (nSPS) is 17.4. The molecule has 5 heteroatoms. The molecule has 2 heterocycles. The third kappa shape index (κ3) is 5.29. The molecule has 1 atom stereocenters. The summed E-state index contributed by atoms with van der Waals surface area (Å²) in [6.07, 6.45) is 4.10. The summed E-state index contributed by atoms with van der Waals surface area (Å²) in [6, 6.07) is 13.7. The van der Waals surface area contributed by atoms with Gasteiger partial charge in [0.2, 0.25) is 0 Å². The van der Waals surface area contributed by atoms with E-state index >= 15 is 0 Å². The number of rotatable bonds is 6. The predicted octanol–water partition coefficient (Wildman–Crippen LogP) is 3.29. The van der Waals surface area contributed by atoms with Crippen molar-refractivity contribution in [2.75, 3.05) is 25.0 Å². The van der Waals surface area contributed by atoms with E-state index in [2.05, 4.69) is 39.6 Å². The lowest BCUT2D eigenvalue weighted by Gasteiger charge is -2.16. The first kappa shape index (κ1) is 17.4. The van der Waals surface area contributed by atoms with Gasteiger partial charge in [-0.3, -0.25) is 9.88 Å². The van der Waals surface area contributed by atoms with Crippen molar-refractivity contribution in [1.29, 1.82) is 0 Å². The number of hydrogen-bond donors (Lipinski definition) is 2. The quantitative estimate of drug-likeness (QED) is 0.850. The van der Waals surface area contributed by atoms with Crippen molar-refractivity contribution in [1.82, 2.24) is 15.2 Å². The fourth-order valence-electron chi connectivity index (χ4n) is 3.14.